The lowest BCUT2D eigenvalue weighted by Crippen LogP contribution is -2.20. The molecular formula is C12H18O4. The Kier molecular flexibility index (Phi) is 4.26. The molecule has 0 spiro atoms. The summed E-state index contributed by atoms with van der Waals surface area (Å²) in [5.41, 5.74) is 0. The number of rotatable bonds is 4. The minimum atomic E-state index is -0.602. The number of hydrogen-bond acceptors (Lipinski definition) is 4. The molecule has 1 saturated heterocycles. The molecule has 0 aliphatic carbocycles. The van der Waals surface area contributed by atoms with Gasteiger partial charge in [0.2, 0.25) is 0 Å². The Balaban J connectivity index is 2.46. The SMILES string of the molecule is C=C[C@H]1OC(C)(C)O[C@H]1/C=C/COC(C)=O. The topological polar surface area (TPSA) is 44.8 Å². The minimum Gasteiger partial charge on any atom is -0.462 e. The van der Waals surface area contributed by atoms with E-state index >= 15 is 0 Å². The zero-order valence-electron chi connectivity index (χ0n) is 9.93. The van der Waals surface area contributed by atoms with Crippen molar-refractivity contribution in [3.05, 3.63) is 24.8 Å². The Hall–Kier alpha value is -1.13. The smallest absolute Gasteiger partial charge is 0.302 e. The van der Waals surface area contributed by atoms with E-state index in [-0.39, 0.29) is 24.8 Å². The van der Waals surface area contributed by atoms with Gasteiger partial charge in [0.05, 0.1) is 0 Å². The fourth-order valence-electron chi connectivity index (χ4n) is 1.50. The van der Waals surface area contributed by atoms with Crippen molar-refractivity contribution < 1.29 is 19.0 Å². The van der Waals surface area contributed by atoms with Crippen molar-refractivity contribution in [2.75, 3.05) is 6.61 Å². The molecule has 0 N–H and O–H groups in total. The van der Waals surface area contributed by atoms with Gasteiger partial charge >= 0.3 is 5.97 Å². The first-order valence-electron chi connectivity index (χ1n) is 5.23. The van der Waals surface area contributed by atoms with Crippen LogP contribution in [0.25, 0.3) is 0 Å². The van der Waals surface area contributed by atoms with Crippen LogP contribution < -0.4 is 0 Å². The van der Waals surface area contributed by atoms with Crippen LogP contribution in [0.1, 0.15) is 20.8 Å². The number of esters is 1. The summed E-state index contributed by atoms with van der Waals surface area (Å²) in [6.07, 6.45) is 4.93. The molecule has 1 heterocycles. The maximum atomic E-state index is 10.5. The maximum Gasteiger partial charge on any atom is 0.302 e. The monoisotopic (exact) mass is 226 g/mol. The van der Waals surface area contributed by atoms with Gasteiger partial charge in [0.1, 0.15) is 18.8 Å². The van der Waals surface area contributed by atoms with Crippen LogP contribution >= 0.6 is 0 Å². The second-order valence-electron chi connectivity index (χ2n) is 4.03. The molecule has 4 heteroatoms. The molecule has 1 rings (SSSR count). The largest absolute Gasteiger partial charge is 0.462 e. The molecule has 2 atom stereocenters. The van der Waals surface area contributed by atoms with Crippen LogP contribution in [0, 0.1) is 0 Å². The predicted octanol–water partition coefficient (Wildman–Crippen LogP) is 1.81. The van der Waals surface area contributed by atoms with Crippen LogP contribution in [0.5, 0.6) is 0 Å². The van der Waals surface area contributed by atoms with E-state index < -0.39 is 5.79 Å². The molecule has 0 amide bonds. The molecule has 0 radical (unpaired) electrons. The van der Waals surface area contributed by atoms with Crippen LogP contribution in [0.2, 0.25) is 0 Å². The normalized spacial score (nSPS) is 28.2. The average Bonchev–Trinajstić information content (AvgIpc) is 2.48. The fraction of sp³-hybridized carbons (Fsp3) is 0.583. The van der Waals surface area contributed by atoms with Crippen molar-refractivity contribution >= 4 is 5.97 Å². The van der Waals surface area contributed by atoms with Gasteiger partial charge in [-0.25, -0.2) is 0 Å². The van der Waals surface area contributed by atoms with Gasteiger partial charge in [-0.05, 0) is 19.9 Å². The van der Waals surface area contributed by atoms with Crippen LogP contribution in [0.3, 0.4) is 0 Å². The van der Waals surface area contributed by atoms with Crippen molar-refractivity contribution in [2.24, 2.45) is 0 Å². The molecule has 0 bridgehead atoms. The first-order chi connectivity index (χ1) is 7.44. The van der Waals surface area contributed by atoms with Gasteiger partial charge < -0.3 is 14.2 Å². The van der Waals surface area contributed by atoms with E-state index in [0.29, 0.717) is 0 Å². The lowest BCUT2D eigenvalue weighted by Gasteiger charge is -2.15. The van der Waals surface area contributed by atoms with Crippen molar-refractivity contribution in [3.63, 3.8) is 0 Å². The van der Waals surface area contributed by atoms with Crippen molar-refractivity contribution in [3.8, 4) is 0 Å². The highest BCUT2D eigenvalue weighted by atomic mass is 16.7. The first-order valence-corrected chi connectivity index (χ1v) is 5.23. The van der Waals surface area contributed by atoms with Crippen LogP contribution in [0.4, 0.5) is 0 Å². The van der Waals surface area contributed by atoms with E-state index in [2.05, 4.69) is 6.58 Å². The highest BCUT2D eigenvalue weighted by molar-refractivity contribution is 5.65. The van der Waals surface area contributed by atoms with Gasteiger partial charge in [0.25, 0.3) is 0 Å². The van der Waals surface area contributed by atoms with Crippen LogP contribution in [-0.2, 0) is 19.0 Å². The Bertz CT molecular complexity index is 293. The number of ether oxygens (including phenoxy) is 3. The molecular weight excluding hydrogens is 208 g/mol. The molecule has 90 valence electrons. The highest BCUT2D eigenvalue weighted by Crippen LogP contribution is 2.29. The third-order valence-corrected chi connectivity index (χ3v) is 2.10. The van der Waals surface area contributed by atoms with Crippen LogP contribution in [-0.4, -0.2) is 30.6 Å². The Morgan fingerprint density at radius 2 is 2.06 bits per heavy atom. The quantitative estimate of drug-likeness (QED) is 0.541. The molecule has 0 aromatic rings. The summed E-state index contributed by atoms with van der Waals surface area (Å²) in [5, 5.41) is 0. The molecule has 1 aliphatic heterocycles. The van der Waals surface area contributed by atoms with Crippen molar-refractivity contribution in [2.45, 2.75) is 38.8 Å². The number of carbonyl (C=O) groups excluding carboxylic acids is 1. The van der Waals surface area contributed by atoms with E-state index in [1.165, 1.54) is 6.92 Å². The molecule has 0 saturated carbocycles. The van der Waals surface area contributed by atoms with Crippen molar-refractivity contribution in [1.29, 1.82) is 0 Å². The van der Waals surface area contributed by atoms with Gasteiger partial charge in [-0.2, -0.15) is 0 Å². The van der Waals surface area contributed by atoms with Crippen molar-refractivity contribution in [1.82, 2.24) is 0 Å². The first kappa shape index (κ1) is 12.9. The van der Waals surface area contributed by atoms with E-state index in [9.17, 15) is 4.79 Å². The average molecular weight is 226 g/mol. The van der Waals surface area contributed by atoms with E-state index in [4.69, 9.17) is 14.2 Å². The second kappa shape index (κ2) is 5.27. The lowest BCUT2D eigenvalue weighted by atomic mass is 10.2. The zero-order chi connectivity index (χ0) is 12.2. The molecule has 0 unspecified atom stereocenters. The third kappa shape index (κ3) is 3.79. The standard InChI is InChI=1S/C12H18O4/c1-5-10-11(16-12(3,4)15-10)7-6-8-14-9(2)13/h5-7,10-11H,1,8H2,2-4H3/b7-6+/t10-,11+/m1/s1. The summed E-state index contributed by atoms with van der Waals surface area (Å²) in [7, 11) is 0. The lowest BCUT2D eigenvalue weighted by molar-refractivity contribution is -0.140. The Morgan fingerprint density at radius 3 is 2.62 bits per heavy atom. The second-order valence-corrected chi connectivity index (χ2v) is 4.03. The summed E-state index contributed by atoms with van der Waals surface area (Å²) < 4.78 is 16.0. The molecule has 16 heavy (non-hydrogen) atoms. The van der Waals surface area contributed by atoms with Crippen LogP contribution in [0.15, 0.2) is 24.8 Å². The van der Waals surface area contributed by atoms with Gasteiger partial charge in [-0.3, -0.25) is 4.79 Å². The zero-order valence-corrected chi connectivity index (χ0v) is 9.93. The molecule has 4 nitrogen and oxygen atoms in total. The van der Waals surface area contributed by atoms with E-state index in [1.807, 2.05) is 19.9 Å². The number of carbonyl (C=O) groups is 1. The van der Waals surface area contributed by atoms with Gasteiger partial charge in [-0.1, -0.05) is 12.2 Å². The maximum absolute atomic E-state index is 10.5. The highest BCUT2D eigenvalue weighted by Gasteiger charge is 2.38. The summed E-state index contributed by atoms with van der Waals surface area (Å²) in [4.78, 5) is 10.5. The Labute approximate surface area is 95.9 Å². The minimum absolute atomic E-state index is 0.163. The molecule has 0 aromatic heterocycles. The van der Waals surface area contributed by atoms with E-state index in [0.717, 1.165) is 0 Å². The summed E-state index contributed by atoms with van der Waals surface area (Å²) in [5.74, 6) is -0.899. The van der Waals surface area contributed by atoms with Gasteiger partial charge in [-0.15, -0.1) is 6.58 Å². The summed E-state index contributed by atoms with van der Waals surface area (Å²) >= 11 is 0. The molecule has 1 aliphatic rings. The number of hydrogen-bond donors (Lipinski definition) is 0. The summed E-state index contributed by atoms with van der Waals surface area (Å²) in [6, 6.07) is 0. The van der Waals surface area contributed by atoms with Gasteiger partial charge in [0, 0.05) is 6.92 Å². The Morgan fingerprint density at radius 1 is 1.44 bits per heavy atom. The van der Waals surface area contributed by atoms with Gasteiger partial charge in [0.15, 0.2) is 5.79 Å². The molecule has 0 aromatic carbocycles. The fourth-order valence-corrected chi connectivity index (χ4v) is 1.50. The third-order valence-electron chi connectivity index (χ3n) is 2.10. The summed E-state index contributed by atoms with van der Waals surface area (Å²) in [6.45, 7) is 9.02. The molecule has 1 fully saturated rings. The predicted molar refractivity (Wildman–Crippen MR) is 59.8 cm³/mol. The van der Waals surface area contributed by atoms with E-state index in [1.54, 1.807) is 12.2 Å².